The fourth-order valence-corrected chi connectivity index (χ4v) is 2.02. The average Bonchev–Trinajstić information content (AvgIpc) is 2.55. The van der Waals surface area contributed by atoms with Gasteiger partial charge < -0.3 is 4.74 Å². The molecule has 1 aliphatic heterocycles. The van der Waals surface area contributed by atoms with Crippen LogP contribution < -0.4 is 9.64 Å². The number of halogens is 2. The first kappa shape index (κ1) is 13.9. The van der Waals surface area contributed by atoms with E-state index in [0.29, 0.717) is 11.4 Å². The largest absolute Gasteiger partial charge is 0.489 e. The Morgan fingerprint density at radius 3 is 2.11 bits per heavy atom. The Kier molecular flexibility index (Phi) is 3.83. The van der Waals surface area contributed by atoms with Crippen molar-refractivity contribution in [2.24, 2.45) is 0 Å². The van der Waals surface area contributed by atoms with Crippen molar-refractivity contribution in [2.45, 2.75) is 20.0 Å². The van der Waals surface area contributed by atoms with Crippen molar-refractivity contribution < 1.29 is 14.3 Å². The molecule has 1 aromatic carbocycles. The first-order valence-electron chi connectivity index (χ1n) is 5.63. The van der Waals surface area contributed by atoms with Crippen LogP contribution in [0.2, 0.25) is 0 Å². The average molecular weight is 300 g/mol. The van der Waals surface area contributed by atoms with E-state index in [1.165, 1.54) is 0 Å². The van der Waals surface area contributed by atoms with Crippen molar-refractivity contribution in [3.05, 3.63) is 34.3 Å². The molecule has 19 heavy (non-hydrogen) atoms. The standard InChI is InChI=1S/C13H11Cl2NO3/c1-7(2)19-9-6-4-3-5-8(9)16-12(17)10(14)11(15)13(16)18/h3-7H,1-2H3. The molecule has 0 aromatic heterocycles. The summed E-state index contributed by atoms with van der Waals surface area (Å²) < 4.78 is 5.57. The second-order valence-corrected chi connectivity index (χ2v) is 4.96. The van der Waals surface area contributed by atoms with E-state index < -0.39 is 11.8 Å². The molecule has 1 aliphatic rings. The van der Waals surface area contributed by atoms with Gasteiger partial charge in [0, 0.05) is 0 Å². The van der Waals surface area contributed by atoms with Gasteiger partial charge in [-0.1, -0.05) is 35.3 Å². The fraction of sp³-hybridized carbons (Fsp3) is 0.231. The predicted molar refractivity (Wildman–Crippen MR) is 73.4 cm³/mol. The molecule has 0 unspecified atom stereocenters. The number of carbonyl (C=O) groups excluding carboxylic acids is 2. The van der Waals surface area contributed by atoms with Crippen molar-refractivity contribution in [1.82, 2.24) is 0 Å². The van der Waals surface area contributed by atoms with Gasteiger partial charge in [-0.3, -0.25) is 9.59 Å². The molecule has 0 radical (unpaired) electrons. The highest BCUT2D eigenvalue weighted by Crippen LogP contribution is 2.36. The monoisotopic (exact) mass is 299 g/mol. The number of imide groups is 1. The Bertz CT molecular complexity index is 557. The van der Waals surface area contributed by atoms with Crippen molar-refractivity contribution >= 4 is 40.7 Å². The van der Waals surface area contributed by atoms with Crippen LogP contribution >= 0.6 is 23.2 Å². The van der Waals surface area contributed by atoms with Crippen LogP contribution in [0.3, 0.4) is 0 Å². The molecular weight excluding hydrogens is 289 g/mol. The second-order valence-electron chi connectivity index (χ2n) is 4.21. The maximum absolute atomic E-state index is 11.9. The lowest BCUT2D eigenvalue weighted by molar-refractivity contribution is -0.120. The number of rotatable bonds is 3. The zero-order valence-electron chi connectivity index (χ0n) is 10.3. The van der Waals surface area contributed by atoms with E-state index in [9.17, 15) is 9.59 Å². The minimum atomic E-state index is -0.642. The summed E-state index contributed by atoms with van der Waals surface area (Å²) in [5.41, 5.74) is 0.333. The van der Waals surface area contributed by atoms with Crippen LogP contribution in [0, 0.1) is 0 Å². The van der Waals surface area contributed by atoms with Gasteiger partial charge in [0.05, 0.1) is 11.8 Å². The molecule has 0 fully saturated rings. The number of amides is 2. The quantitative estimate of drug-likeness (QED) is 0.806. The van der Waals surface area contributed by atoms with Crippen LogP contribution in [0.1, 0.15) is 13.8 Å². The van der Waals surface area contributed by atoms with Crippen LogP contribution in [-0.2, 0) is 9.59 Å². The normalized spacial score (nSPS) is 15.7. The molecule has 6 heteroatoms. The van der Waals surface area contributed by atoms with E-state index in [-0.39, 0.29) is 16.2 Å². The molecule has 0 saturated heterocycles. The van der Waals surface area contributed by atoms with E-state index in [1.54, 1.807) is 24.3 Å². The summed E-state index contributed by atoms with van der Waals surface area (Å²) >= 11 is 11.4. The number of ether oxygens (including phenoxy) is 1. The number of benzene rings is 1. The highest BCUT2D eigenvalue weighted by molar-refractivity contribution is 6.62. The summed E-state index contributed by atoms with van der Waals surface area (Å²) in [7, 11) is 0. The highest BCUT2D eigenvalue weighted by atomic mass is 35.5. The van der Waals surface area contributed by atoms with Gasteiger partial charge in [-0.2, -0.15) is 0 Å². The van der Waals surface area contributed by atoms with Crippen molar-refractivity contribution in [3.63, 3.8) is 0 Å². The van der Waals surface area contributed by atoms with E-state index in [4.69, 9.17) is 27.9 Å². The maximum Gasteiger partial charge on any atom is 0.278 e. The topological polar surface area (TPSA) is 46.6 Å². The molecule has 1 aromatic rings. The van der Waals surface area contributed by atoms with E-state index in [1.807, 2.05) is 13.8 Å². The Balaban J connectivity index is 2.44. The Morgan fingerprint density at radius 2 is 1.58 bits per heavy atom. The summed E-state index contributed by atoms with van der Waals surface area (Å²) in [6.07, 6.45) is -0.0899. The lowest BCUT2D eigenvalue weighted by Crippen LogP contribution is -2.31. The number of anilines is 1. The summed E-state index contributed by atoms with van der Waals surface area (Å²) in [4.78, 5) is 24.8. The van der Waals surface area contributed by atoms with E-state index >= 15 is 0 Å². The molecule has 2 amide bonds. The van der Waals surface area contributed by atoms with E-state index in [2.05, 4.69) is 0 Å². The Morgan fingerprint density at radius 1 is 1.05 bits per heavy atom. The molecule has 0 N–H and O–H groups in total. The zero-order chi connectivity index (χ0) is 14.2. The molecule has 0 bridgehead atoms. The molecule has 0 atom stereocenters. The van der Waals surface area contributed by atoms with E-state index in [0.717, 1.165) is 4.90 Å². The lowest BCUT2D eigenvalue weighted by atomic mass is 10.2. The zero-order valence-corrected chi connectivity index (χ0v) is 11.8. The van der Waals surface area contributed by atoms with Gasteiger partial charge in [-0.25, -0.2) is 4.90 Å². The van der Waals surface area contributed by atoms with Crippen molar-refractivity contribution in [1.29, 1.82) is 0 Å². The Labute approximate surface area is 120 Å². The molecule has 0 saturated carbocycles. The number of para-hydroxylation sites is 2. The van der Waals surface area contributed by atoms with Crippen LogP contribution in [0.5, 0.6) is 5.75 Å². The molecule has 2 rings (SSSR count). The third kappa shape index (κ3) is 2.46. The molecule has 4 nitrogen and oxygen atoms in total. The van der Waals surface area contributed by atoms with Crippen molar-refractivity contribution in [2.75, 3.05) is 4.90 Å². The molecule has 1 heterocycles. The van der Waals surface area contributed by atoms with Gasteiger partial charge in [0.2, 0.25) is 0 Å². The van der Waals surface area contributed by atoms with Crippen LogP contribution in [0.15, 0.2) is 34.3 Å². The number of carbonyl (C=O) groups is 2. The molecular formula is C13H11Cl2NO3. The summed E-state index contributed by atoms with van der Waals surface area (Å²) in [6.45, 7) is 3.70. The van der Waals surface area contributed by atoms with Crippen LogP contribution in [0.4, 0.5) is 5.69 Å². The van der Waals surface area contributed by atoms with Gasteiger partial charge >= 0.3 is 0 Å². The van der Waals surface area contributed by atoms with Crippen LogP contribution in [-0.4, -0.2) is 17.9 Å². The summed E-state index contributed by atoms with van der Waals surface area (Å²) in [5.74, 6) is -0.858. The van der Waals surface area contributed by atoms with Crippen molar-refractivity contribution in [3.8, 4) is 5.75 Å². The molecule has 0 aliphatic carbocycles. The molecule has 100 valence electrons. The predicted octanol–water partition coefficient (Wildman–Crippen LogP) is 3.04. The SMILES string of the molecule is CC(C)Oc1ccccc1N1C(=O)C(Cl)=C(Cl)C1=O. The van der Waals surface area contributed by atoms with Crippen LogP contribution in [0.25, 0.3) is 0 Å². The maximum atomic E-state index is 11.9. The fourth-order valence-electron chi connectivity index (χ4n) is 1.69. The lowest BCUT2D eigenvalue weighted by Gasteiger charge is -2.19. The minimum absolute atomic E-state index is 0.0899. The van der Waals surface area contributed by atoms with Gasteiger partial charge in [0.25, 0.3) is 11.8 Å². The minimum Gasteiger partial charge on any atom is -0.489 e. The second kappa shape index (κ2) is 5.23. The third-order valence-corrected chi connectivity index (χ3v) is 3.24. The number of hydrogen-bond acceptors (Lipinski definition) is 3. The van der Waals surface area contributed by atoms with Gasteiger partial charge in [0.1, 0.15) is 15.8 Å². The first-order valence-corrected chi connectivity index (χ1v) is 6.38. The molecule has 0 spiro atoms. The summed E-state index contributed by atoms with van der Waals surface area (Å²) in [5, 5.41) is -0.544. The number of hydrogen-bond donors (Lipinski definition) is 0. The summed E-state index contributed by atoms with van der Waals surface area (Å²) in [6, 6.07) is 6.73. The number of nitrogens with zero attached hydrogens (tertiary/aromatic N) is 1. The van der Waals surface area contributed by atoms with Gasteiger partial charge in [0.15, 0.2) is 0 Å². The first-order chi connectivity index (χ1) is 8.93. The smallest absolute Gasteiger partial charge is 0.278 e. The highest BCUT2D eigenvalue weighted by Gasteiger charge is 2.39. The third-order valence-electron chi connectivity index (χ3n) is 2.44. The van der Waals surface area contributed by atoms with Gasteiger partial charge in [-0.15, -0.1) is 0 Å². The van der Waals surface area contributed by atoms with Gasteiger partial charge in [-0.05, 0) is 26.0 Å². The Hall–Kier alpha value is -1.52.